The average Bonchev–Trinajstić information content (AvgIpc) is 2.45. The zero-order valence-corrected chi connectivity index (χ0v) is 14.3. The molecule has 0 fully saturated rings. The molecule has 0 bridgehead atoms. The van der Waals surface area contributed by atoms with Gasteiger partial charge in [-0.05, 0) is 42.9 Å². The first kappa shape index (κ1) is 16.5. The molecular weight excluding hydrogens is 282 g/mol. The predicted molar refractivity (Wildman–Crippen MR) is 88.3 cm³/mol. The lowest BCUT2D eigenvalue weighted by Crippen LogP contribution is -2.41. The van der Waals surface area contributed by atoms with Crippen molar-refractivity contribution in [3.05, 3.63) is 35.4 Å². The highest BCUT2D eigenvalue weighted by molar-refractivity contribution is 7.92. The van der Waals surface area contributed by atoms with Gasteiger partial charge in [-0.1, -0.05) is 45.0 Å². The third kappa shape index (κ3) is 3.49. The van der Waals surface area contributed by atoms with Crippen molar-refractivity contribution in [3.8, 4) is 0 Å². The van der Waals surface area contributed by atoms with Gasteiger partial charge in [-0.15, -0.1) is 0 Å². The normalized spacial score (nSPS) is 25.9. The lowest BCUT2D eigenvalue weighted by molar-refractivity contribution is 0.444. The zero-order valence-electron chi connectivity index (χ0n) is 13.5. The number of nitrogens with one attached hydrogen (secondary N) is 1. The monoisotopic (exact) mass is 309 g/mol. The van der Waals surface area contributed by atoms with Crippen LogP contribution in [0.25, 0.3) is 0 Å². The Morgan fingerprint density at radius 2 is 1.86 bits per heavy atom. The smallest absolute Gasteiger partial charge is 0.155 e. The largest absolute Gasteiger partial charge is 0.312 e. The number of benzene rings is 1. The summed E-state index contributed by atoms with van der Waals surface area (Å²) >= 11 is 0. The Morgan fingerprint density at radius 3 is 2.43 bits per heavy atom. The van der Waals surface area contributed by atoms with E-state index in [0.29, 0.717) is 24.0 Å². The molecule has 118 valence electrons. The molecule has 1 N–H and O–H groups in total. The second-order valence-electron chi connectivity index (χ2n) is 6.62. The Kier molecular flexibility index (Phi) is 5.10. The standard InChI is InChI=1S/C17H27NO2S/c1-12(2)9-10-21(19,20)16-11-13(3)14-7-5-6-8-15(14)17(16)18-4/h5-8,12-13,16-18H,9-11H2,1-4H3. The molecule has 21 heavy (non-hydrogen) atoms. The molecule has 4 heteroatoms. The first-order chi connectivity index (χ1) is 9.86. The maximum Gasteiger partial charge on any atom is 0.155 e. The summed E-state index contributed by atoms with van der Waals surface area (Å²) in [6, 6.07) is 8.14. The van der Waals surface area contributed by atoms with Crippen LogP contribution in [0.15, 0.2) is 24.3 Å². The average molecular weight is 309 g/mol. The van der Waals surface area contributed by atoms with Crippen molar-refractivity contribution in [2.24, 2.45) is 5.92 Å². The van der Waals surface area contributed by atoms with E-state index in [4.69, 9.17) is 0 Å². The summed E-state index contributed by atoms with van der Waals surface area (Å²) in [7, 11) is -1.21. The van der Waals surface area contributed by atoms with Crippen LogP contribution in [0.2, 0.25) is 0 Å². The molecule has 0 spiro atoms. The molecule has 3 nitrogen and oxygen atoms in total. The molecule has 1 aliphatic carbocycles. The van der Waals surface area contributed by atoms with Crippen LogP contribution >= 0.6 is 0 Å². The minimum absolute atomic E-state index is 0.0884. The second kappa shape index (κ2) is 6.49. The van der Waals surface area contributed by atoms with Gasteiger partial charge >= 0.3 is 0 Å². The van der Waals surface area contributed by atoms with E-state index in [2.05, 4.69) is 38.2 Å². The Bertz CT molecular complexity index is 580. The van der Waals surface area contributed by atoms with Crippen molar-refractivity contribution in [3.63, 3.8) is 0 Å². The maximum absolute atomic E-state index is 12.8. The Balaban J connectivity index is 2.33. The summed E-state index contributed by atoms with van der Waals surface area (Å²) in [6.45, 7) is 6.28. The highest BCUT2D eigenvalue weighted by Gasteiger charge is 2.39. The molecule has 3 atom stereocenters. The van der Waals surface area contributed by atoms with Gasteiger partial charge in [-0.3, -0.25) is 0 Å². The molecule has 0 heterocycles. The van der Waals surface area contributed by atoms with E-state index in [-0.39, 0.29) is 11.3 Å². The van der Waals surface area contributed by atoms with Gasteiger partial charge in [0.25, 0.3) is 0 Å². The number of rotatable bonds is 5. The summed E-state index contributed by atoms with van der Waals surface area (Å²) < 4.78 is 25.5. The molecule has 2 rings (SSSR count). The number of hydrogen-bond acceptors (Lipinski definition) is 3. The molecule has 1 aromatic carbocycles. The fourth-order valence-corrected chi connectivity index (χ4v) is 5.68. The Morgan fingerprint density at radius 1 is 1.24 bits per heavy atom. The van der Waals surface area contributed by atoms with E-state index in [1.807, 2.05) is 19.2 Å². The number of hydrogen-bond donors (Lipinski definition) is 1. The number of sulfone groups is 1. The van der Waals surface area contributed by atoms with Gasteiger partial charge in [0.15, 0.2) is 9.84 Å². The first-order valence-electron chi connectivity index (χ1n) is 7.84. The zero-order chi connectivity index (χ0) is 15.6. The van der Waals surface area contributed by atoms with E-state index in [0.717, 1.165) is 12.0 Å². The van der Waals surface area contributed by atoms with Crippen LogP contribution < -0.4 is 5.32 Å². The highest BCUT2D eigenvalue weighted by atomic mass is 32.2. The molecule has 0 radical (unpaired) electrons. The highest BCUT2D eigenvalue weighted by Crippen LogP contribution is 2.40. The van der Waals surface area contributed by atoms with Crippen LogP contribution in [0.5, 0.6) is 0 Å². The second-order valence-corrected chi connectivity index (χ2v) is 8.96. The summed E-state index contributed by atoms with van der Waals surface area (Å²) in [6.07, 6.45) is 1.45. The SMILES string of the molecule is CNC1c2ccccc2C(C)CC1S(=O)(=O)CCC(C)C. The minimum Gasteiger partial charge on any atom is -0.312 e. The third-order valence-electron chi connectivity index (χ3n) is 4.57. The Labute approximate surface area is 129 Å². The fraction of sp³-hybridized carbons (Fsp3) is 0.647. The van der Waals surface area contributed by atoms with Crippen molar-refractivity contribution in [2.45, 2.75) is 50.8 Å². The topological polar surface area (TPSA) is 46.2 Å². The maximum atomic E-state index is 12.8. The van der Waals surface area contributed by atoms with Crippen molar-refractivity contribution in [2.75, 3.05) is 12.8 Å². The van der Waals surface area contributed by atoms with Crippen LogP contribution in [-0.4, -0.2) is 26.5 Å². The van der Waals surface area contributed by atoms with Crippen LogP contribution in [0, 0.1) is 5.92 Å². The summed E-state index contributed by atoms with van der Waals surface area (Å²) in [4.78, 5) is 0. The van der Waals surface area contributed by atoms with Gasteiger partial charge in [-0.2, -0.15) is 0 Å². The molecule has 0 amide bonds. The van der Waals surface area contributed by atoms with Gasteiger partial charge in [-0.25, -0.2) is 8.42 Å². The van der Waals surface area contributed by atoms with Gasteiger partial charge in [0.05, 0.1) is 11.0 Å². The van der Waals surface area contributed by atoms with E-state index in [1.165, 1.54) is 5.56 Å². The molecular formula is C17H27NO2S. The molecule has 0 aromatic heterocycles. The van der Waals surface area contributed by atoms with E-state index < -0.39 is 9.84 Å². The van der Waals surface area contributed by atoms with Crippen molar-refractivity contribution in [1.29, 1.82) is 0 Å². The molecule has 0 saturated carbocycles. The molecule has 1 aliphatic rings. The van der Waals surface area contributed by atoms with Crippen molar-refractivity contribution < 1.29 is 8.42 Å². The van der Waals surface area contributed by atoms with Crippen LogP contribution in [0.1, 0.15) is 56.7 Å². The third-order valence-corrected chi connectivity index (χ3v) is 6.76. The summed E-state index contributed by atoms with van der Waals surface area (Å²) in [5.74, 6) is 1.01. The van der Waals surface area contributed by atoms with Crippen LogP contribution in [-0.2, 0) is 9.84 Å². The first-order valence-corrected chi connectivity index (χ1v) is 9.56. The molecule has 0 aliphatic heterocycles. The van der Waals surface area contributed by atoms with E-state index >= 15 is 0 Å². The number of fused-ring (bicyclic) bond motifs is 1. The fourth-order valence-electron chi connectivity index (χ4n) is 3.30. The van der Waals surface area contributed by atoms with E-state index in [9.17, 15) is 8.42 Å². The van der Waals surface area contributed by atoms with E-state index in [1.54, 1.807) is 0 Å². The summed E-state index contributed by atoms with van der Waals surface area (Å²) in [5.41, 5.74) is 2.43. The van der Waals surface area contributed by atoms with Gasteiger partial charge in [0.2, 0.25) is 0 Å². The van der Waals surface area contributed by atoms with Gasteiger partial charge in [0, 0.05) is 6.04 Å². The van der Waals surface area contributed by atoms with Gasteiger partial charge < -0.3 is 5.32 Å². The van der Waals surface area contributed by atoms with Gasteiger partial charge in [0.1, 0.15) is 0 Å². The predicted octanol–water partition coefficient (Wildman–Crippen LogP) is 3.28. The quantitative estimate of drug-likeness (QED) is 0.908. The van der Waals surface area contributed by atoms with Crippen LogP contribution in [0.4, 0.5) is 0 Å². The lowest BCUT2D eigenvalue weighted by atomic mass is 9.81. The summed E-state index contributed by atoms with van der Waals surface area (Å²) in [5, 5.41) is 2.93. The van der Waals surface area contributed by atoms with Crippen LogP contribution in [0.3, 0.4) is 0 Å². The van der Waals surface area contributed by atoms with Crippen molar-refractivity contribution in [1.82, 2.24) is 5.32 Å². The lowest BCUT2D eigenvalue weighted by Gasteiger charge is -2.36. The van der Waals surface area contributed by atoms with Crippen molar-refractivity contribution >= 4 is 9.84 Å². The molecule has 0 saturated heterocycles. The molecule has 3 unspecified atom stereocenters. The molecule has 1 aromatic rings. The minimum atomic E-state index is -3.08. The Hall–Kier alpha value is -0.870.